The second-order valence-corrected chi connectivity index (χ2v) is 5.49. The fraction of sp³-hybridized carbons (Fsp3) is 1.00. The molecule has 2 atom stereocenters. The molecule has 0 bridgehead atoms. The fourth-order valence-electron chi connectivity index (χ4n) is 2.38. The number of likely N-dealkylation sites (tertiary alicyclic amines) is 1. The number of nitrogens with zero attached hydrogens (tertiary/aromatic N) is 1. The van der Waals surface area contributed by atoms with Gasteiger partial charge in [-0.1, -0.05) is 0 Å². The first-order chi connectivity index (χ1) is 7.81. The van der Waals surface area contributed by atoms with E-state index in [9.17, 15) is 0 Å². The van der Waals surface area contributed by atoms with Crippen LogP contribution in [0, 0.1) is 0 Å². The van der Waals surface area contributed by atoms with Crippen LogP contribution >= 0.6 is 11.8 Å². The van der Waals surface area contributed by atoms with E-state index in [4.69, 9.17) is 10.5 Å². The molecule has 2 unspecified atom stereocenters. The molecule has 1 fully saturated rings. The van der Waals surface area contributed by atoms with Crippen LogP contribution in [-0.4, -0.2) is 55.8 Å². The van der Waals surface area contributed by atoms with Gasteiger partial charge < -0.3 is 10.5 Å². The van der Waals surface area contributed by atoms with Gasteiger partial charge in [0.25, 0.3) is 0 Å². The van der Waals surface area contributed by atoms with Crippen LogP contribution in [0.15, 0.2) is 0 Å². The smallest absolute Gasteiger partial charge is 0.0599 e. The predicted octanol–water partition coefficient (Wildman–Crippen LogP) is 1.57. The first kappa shape index (κ1) is 14.3. The molecule has 0 amide bonds. The van der Waals surface area contributed by atoms with Crippen molar-refractivity contribution in [1.82, 2.24) is 4.90 Å². The van der Waals surface area contributed by atoms with E-state index in [0.717, 1.165) is 25.9 Å². The van der Waals surface area contributed by atoms with E-state index in [2.05, 4.69) is 11.2 Å². The molecule has 1 aliphatic rings. The Kier molecular flexibility index (Phi) is 7.45. The van der Waals surface area contributed by atoms with Gasteiger partial charge in [-0.2, -0.15) is 11.8 Å². The van der Waals surface area contributed by atoms with E-state index >= 15 is 0 Å². The van der Waals surface area contributed by atoms with Crippen LogP contribution in [-0.2, 0) is 4.74 Å². The van der Waals surface area contributed by atoms with Crippen molar-refractivity contribution in [2.75, 3.05) is 38.8 Å². The van der Waals surface area contributed by atoms with Crippen LogP contribution in [0.2, 0.25) is 0 Å². The Morgan fingerprint density at radius 1 is 1.44 bits per heavy atom. The molecule has 16 heavy (non-hydrogen) atoms. The lowest BCUT2D eigenvalue weighted by molar-refractivity contribution is 0.0130. The third-order valence-electron chi connectivity index (χ3n) is 3.44. The molecule has 0 aliphatic carbocycles. The monoisotopic (exact) mass is 246 g/mol. The molecule has 0 saturated carbocycles. The normalized spacial score (nSPS) is 27.2. The first-order valence-corrected chi connectivity index (χ1v) is 7.67. The lowest BCUT2D eigenvalue weighted by Gasteiger charge is -2.38. The van der Waals surface area contributed by atoms with Crippen molar-refractivity contribution in [3.8, 4) is 0 Å². The average molecular weight is 246 g/mol. The Labute approximate surface area is 104 Å². The van der Waals surface area contributed by atoms with Crippen molar-refractivity contribution in [2.24, 2.45) is 5.73 Å². The summed E-state index contributed by atoms with van der Waals surface area (Å²) >= 11 is 1.94. The molecule has 3 nitrogen and oxygen atoms in total. The molecule has 1 saturated heterocycles. The quantitative estimate of drug-likeness (QED) is 0.692. The van der Waals surface area contributed by atoms with E-state index < -0.39 is 0 Å². The van der Waals surface area contributed by atoms with Gasteiger partial charge in [0, 0.05) is 26.2 Å². The first-order valence-electron chi connectivity index (χ1n) is 6.27. The fourth-order valence-corrected chi connectivity index (χ4v) is 2.87. The summed E-state index contributed by atoms with van der Waals surface area (Å²) in [6.07, 6.45) is 7.49. The summed E-state index contributed by atoms with van der Waals surface area (Å²) in [6.45, 7) is 3.13. The molecule has 0 spiro atoms. The number of unbranched alkanes of at least 4 members (excludes halogenated alkanes) is 1. The van der Waals surface area contributed by atoms with Gasteiger partial charge in [0.2, 0.25) is 0 Å². The molecule has 1 rings (SSSR count). The summed E-state index contributed by atoms with van der Waals surface area (Å²) < 4.78 is 5.43. The molecular weight excluding hydrogens is 220 g/mol. The van der Waals surface area contributed by atoms with Crippen molar-refractivity contribution in [3.05, 3.63) is 0 Å². The van der Waals surface area contributed by atoms with Gasteiger partial charge in [-0.15, -0.1) is 0 Å². The van der Waals surface area contributed by atoms with Gasteiger partial charge in [0.1, 0.15) is 0 Å². The molecule has 1 heterocycles. The highest BCUT2D eigenvalue weighted by Crippen LogP contribution is 2.19. The summed E-state index contributed by atoms with van der Waals surface area (Å²) in [7, 11) is 1.81. The van der Waals surface area contributed by atoms with Crippen molar-refractivity contribution in [2.45, 2.75) is 37.8 Å². The summed E-state index contributed by atoms with van der Waals surface area (Å²) in [5, 5.41) is 0. The van der Waals surface area contributed by atoms with Crippen LogP contribution in [0.4, 0.5) is 0 Å². The highest BCUT2D eigenvalue weighted by atomic mass is 32.2. The molecule has 0 aromatic rings. The number of rotatable bonds is 7. The predicted molar refractivity (Wildman–Crippen MR) is 72.1 cm³/mol. The van der Waals surface area contributed by atoms with Crippen LogP contribution < -0.4 is 5.73 Å². The molecule has 4 heteroatoms. The van der Waals surface area contributed by atoms with Crippen molar-refractivity contribution >= 4 is 11.8 Å². The lowest BCUT2D eigenvalue weighted by atomic mass is 9.99. The van der Waals surface area contributed by atoms with E-state index in [0.29, 0.717) is 12.1 Å². The molecule has 0 radical (unpaired) electrons. The van der Waals surface area contributed by atoms with E-state index in [1.54, 1.807) is 0 Å². The molecular formula is C12H26N2OS. The Balaban J connectivity index is 2.24. The largest absolute Gasteiger partial charge is 0.381 e. The van der Waals surface area contributed by atoms with Gasteiger partial charge in [-0.05, 0) is 44.2 Å². The topological polar surface area (TPSA) is 38.5 Å². The van der Waals surface area contributed by atoms with Gasteiger partial charge in [-0.25, -0.2) is 0 Å². The summed E-state index contributed by atoms with van der Waals surface area (Å²) in [5.41, 5.74) is 5.84. The molecule has 1 aliphatic heterocycles. The molecule has 0 aromatic heterocycles. The number of nitrogens with two attached hydrogens (primary N) is 1. The minimum Gasteiger partial charge on any atom is -0.381 e. The number of methoxy groups -OCH3 is 1. The average Bonchev–Trinajstić information content (AvgIpc) is 2.34. The third kappa shape index (κ3) is 4.62. The molecule has 2 N–H and O–H groups in total. The van der Waals surface area contributed by atoms with Crippen molar-refractivity contribution in [1.29, 1.82) is 0 Å². The number of ether oxygens (including phenoxy) is 1. The highest BCUT2D eigenvalue weighted by Gasteiger charge is 2.26. The third-order valence-corrected chi connectivity index (χ3v) is 4.14. The summed E-state index contributed by atoms with van der Waals surface area (Å²) in [4.78, 5) is 2.55. The maximum absolute atomic E-state index is 5.84. The second-order valence-electron chi connectivity index (χ2n) is 4.51. The summed E-state index contributed by atoms with van der Waals surface area (Å²) in [6, 6.07) is 0.535. The van der Waals surface area contributed by atoms with Crippen molar-refractivity contribution < 1.29 is 4.74 Å². The van der Waals surface area contributed by atoms with Crippen LogP contribution in [0.3, 0.4) is 0 Å². The highest BCUT2D eigenvalue weighted by molar-refractivity contribution is 7.98. The number of hydrogen-bond donors (Lipinski definition) is 1. The number of piperidine rings is 1. The van der Waals surface area contributed by atoms with Gasteiger partial charge in [0.05, 0.1) is 6.10 Å². The SMILES string of the molecule is COC1CCN(CCCCSC)C(CN)C1. The summed E-state index contributed by atoms with van der Waals surface area (Å²) in [5.74, 6) is 1.28. The number of hydrogen-bond acceptors (Lipinski definition) is 4. The standard InChI is InChI=1S/C12H26N2OS/c1-15-12-5-7-14(11(9-12)10-13)6-3-4-8-16-2/h11-12H,3-10,13H2,1-2H3. The minimum absolute atomic E-state index is 0.427. The second kappa shape index (κ2) is 8.34. The Bertz CT molecular complexity index is 180. The van der Waals surface area contributed by atoms with Crippen LogP contribution in [0.5, 0.6) is 0 Å². The zero-order valence-electron chi connectivity index (χ0n) is 10.7. The Morgan fingerprint density at radius 3 is 2.88 bits per heavy atom. The molecule has 96 valence electrons. The number of thioether (sulfide) groups is 1. The van der Waals surface area contributed by atoms with Gasteiger partial charge in [0.15, 0.2) is 0 Å². The van der Waals surface area contributed by atoms with E-state index in [1.165, 1.54) is 25.1 Å². The van der Waals surface area contributed by atoms with Crippen LogP contribution in [0.1, 0.15) is 25.7 Å². The Morgan fingerprint density at radius 2 is 2.25 bits per heavy atom. The van der Waals surface area contributed by atoms with Gasteiger partial charge in [-0.3, -0.25) is 4.90 Å². The minimum atomic E-state index is 0.427. The maximum atomic E-state index is 5.84. The molecule has 0 aromatic carbocycles. The zero-order chi connectivity index (χ0) is 11.8. The van der Waals surface area contributed by atoms with E-state index in [1.807, 2.05) is 18.9 Å². The Hall–Kier alpha value is 0.230. The van der Waals surface area contributed by atoms with Gasteiger partial charge >= 0.3 is 0 Å². The maximum Gasteiger partial charge on any atom is 0.0599 e. The van der Waals surface area contributed by atoms with E-state index in [-0.39, 0.29) is 0 Å². The van der Waals surface area contributed by atoms with Crippen LogP contribution in [0.25, 0.3) is 0 Å². The zero-order valence-corrected chi connectivity index (χ0v) is 11.5. The lowest BCUT2D eigenvalue weighted by Crippen LogP contribution is -2.48. The van der Waals surface area contributed by atoms with Crippen molar-refractivity contribution in [3.63, 3.8) is 0 Å².